The van der Waals surface area contributed by atoms with Crippen LogP contribution in [0.4, 0.5) is 5.69 Å². The van der Waals surface area contributed by atoms with E-state index in [2.05, 4.69) is 15.8 Å². The van der Waals surface area contributed by atoms with Gasteiger partial charge in [-0.3, -0.25) is 4.79 Å². The van der Waals surface area contributed by atoms with Gasteiger partial charge in [-0.15, -0.1) is 0 Å². The lowest BCUT2D eigenvalue weighted by molar-refractivity contribution is -0.122. The maximum Gasteiger partial charge on any atom is 0.341 e. The zero-order chi connectivity index (χ0) is 26.1. The fourth-order valence-corrected chi connectivity index (χ4v) is 3.56. The first-order chi connectivity index (χ1) is 17.4. The zero-order valence-electron chi connectivity index (χ0n) is 20.1. The van der Waals surface area contributed by atoms with Gasteiger partial charge in [0.25, 0.3) is 0 Å². The van der Waals surface area contributed by atoms with Gasteiger partial charge < -0.3 is 35.8 Å². The predicted octanol–water partition coefficient (Wildman–Crippen LogP) is 3.05. The SMILES string of the molecule is COC(=O)c1cc(C(Nc2ccc(C(N)=NO)cc2)C(=O)NCc2ccccc2)cc(OC)c1OC. The molecular weight excluding hydrogens is 464 g/mol. The Morgan fingerprint density at radius 1 is 1.00 bits per heavy atom. The summed E-state index contributed by atoms with van der Waals surface area (Å²) in [6.07, 6.45) is 0. The third kappa shape index (κ3) is 6.03. The van der Waals surface area contributed by atoms with E-state index < -0.39 is 12.0 Å². The van der Waals surface area contributed by atoms with Crippen LogP contribution in [-0.2, 0) is 16.1 Å². The second kappa shape index (κ2) is 12.1. The average Bonchev–Trinajstić information content (AvgIpc) is 2.93. The maximum absolute atomic E-state index is 13.4. The van der Waals surface area contributed by atoms with Gasteiger partial charge in [-0.05, 0) is 47.5 Å². The van der Waals surface area contributed by atoms with Gasteiger partial charge in [0.05, 0.1) is 21.3 Å². The maximum atomic E-state index is 13.4. The molecule has 3 aromatic rings. The van der Waals surface area contributed by atoms with Crippen LogP contribution in [-0.4, -0.2) is 44.2 Å². The molecule has 0 saturated carbocycles. The van der Waals surface area contributed by atoms with Crippen molar-refractivity contribution < 1.29 is 29.0 Å². The van der Waals surface area contributed by atoms with Crippen LogP contribution in [0, 0.1) is 0 Å². The Morgan fingerprint density at radius 2 is 1.69 bits per heavy atom. The first kappa shape index (κ1) is 25.9. The molecule has 0 fully saturated rings. The van der Waals surface area contributed by atoms with Crippen molar-refractivity contribution in [3.05, 3.63) is 89.0 Å². The highest BCUT2D eigenvalue weighted by atomic mass is 16.5. The highest BCUT2D eigenvalue weighted by molar-refractivity contribution is 5.97. The van der Waals surface area contributed by atoms with Crippen LogP contribution in [0.25, 0.3) is 0 Å². The molecule has 0 aliphatic carbocycles. The zero-order valence-corrected chi connectivity index (χ0v) is 20.1. The number of rotatable bonds is 10. The molecule has 0 spiro atoms. The quantitative estimate of drug-likeness (QED) is 0.111. The minimum Gasteiger partial charge on any atom is -0.493 e. The third-order valence-electron chi connectivity index (χ3n) is 5.41. The van der Waals surface area contributed by atoms with E-state index in [-0.39, 0.29) is 28.8 Å². The van der Waals surface area contributed by atoms with E-state index in [9.17, 15) is 9.59 Å². The molecule has 36 heavy (non-hydrogen) atoms. The Bertz CT molecular complexity index is 1230. The van der Waals surface area contributed by atoms with Crippen molar-refractivity contribution in [1.82, 2.24) is 5.32 Å². The number of carbonyl (C=O) groups excluding carboxylic acids is 2. The Morgan fingerprint density at radius 3 is 2.28 bits per heavy atom. The lowest BCUT2D eigenvalue weighted by atomic mass is 10.0. The summed E-state index contributed by atoms with van der Waals surface area (Å²) in [6, 6.07) is 18.4. The van der Waals surface area contributed by atoms with E-state index in [0.717, 1.165) is 5.56 Å². The van der Waals surface area contributed by atoms with Gasteiger partial charge in [0, 0.05) is 17.8 Å². The van der Waals surface area contributed by atoms with Gasteiger partial charge in [0.1, 0.15) is 11.6 Å². The molecule has 3 rings (SSSR count). The van der Waals surface area contributed by atoms with Gasteiger partial charge >= 0.3 is 5.97 Å². The number of hydrogen-bond acceptors (Lipinski definition) is 8. The van der Waals surface area contributed by atoms with E-state index in [1.807, 2.05) is 30.3 Å². The normalized spacial score (nSPS) is 11.8. The monoisotopic (exact) mass is 492 g/mol. The fourth-order valence-electron chi connectivity index (χ4n) is 3.56. The summed E-state index contributed by atoms with van der Waals surface area (Å²) in [5, 5.41) is 18.0. The van der Waals surface area contributed by atoms with Gasteiger partial charge in [0.15, 0.2) is 17.3 Å². The number of nitrogens with zero attached hydrogens (tertiary/aromatic N) is 1. The Hall–Kier alpha value is -4.73. The molecule has 5 N–H and O–H groups in total. The number of nitrogens with one attached hydrogen (secondary N) is 2. The average molecular weight is 493 g/mol. The molecule has 0 radical (unpaired) electrons. The summed E-state index contributed by atoms with van der Waals surface area (Å²) in [5.74, 6) is -0.567. The number of esters is 1. The third-order valence-corrected chi connectivity index (χ3v) is 5.41. The smallest absolute Gasteiger partial charge is 0.341 e. The van der Waals surface area contributed by atoms with Crippen LogP contribution < -0.4 is 25.8 Å². The van der Waals surface area contributed by atoms with Crippen molar-refractivity contribution in [3.8, 4) is 11.5 Å². The molecule has 0 aromatic heterocycles. The number of amides is 1. The standard InChI is InChI=1S/C26H28N4O6/c1-34-21-14-18(13-20(23(21)35-2)26(32)36-3)22(25(31)28-15-16-7-5-4-6-8-16)29-19-11-9-17(10-12-19)24(27)30-33/h4-14,22,29,33H,15H2,1-3H3,(H2,27,30)(H,28,31). The molecule has 0 aliphatic heterocycles. The molecule has 1 unspecified atom stereocenters. The van der Waals surface area contributed by atoms with Crippen molar-refractivity contribution in [1.29, 1.82) is 0 Å². The summed E-state index contributed by atoms with van der Waals surface area (Å²) in [5.41, 5.74) is 8.21. The Balaban J connectivity index is 2.01. The van der Waals surface area contributed by atoms with Crippen molar-refractivity contribution in [2.24, 2.45) is 10.9 Å². The second-order valence-corrected chi connectivity index (χ2v) is 7.64. The molecule has 0 saturated heterocycles. The van der Waals surface area contributed by atoms with Crippen molar-refractivity contribution in [2.45, 2.75) is 12.6 Å². The number of ether oxygens (including phenoxy) is 3. The van der Waals surface area contributed by atoms with E-state index in [4.69, 9.17) is 25.2 Å². The number of oxime groups is 1. The first-order valence-corrected chi connectivity index (χ1v) is 10.9. The number of carbonyl (C=O) groups is 2. The molecule has 0 heterocycles. The van der Waals surface area contributed by atoms with Gasteiger partial charge in [-0.1, -0.05) is 35.5 Å². The van der Waals surface area contributed by atoms with E-state index >= 15 is 0 Å². The van der Waals surface area contributed by atoms with Crippen molar-refractivity contribution in [3.63, 3.8) is 0 Å². The molecule has 1 atom stereocenters. The van der Waals surface area contributed by atoms with Crippen molar-refractivity contribution >= 4 is 23.4 Å². The van der Waals surface area contributed by atoms with Crippen LogP contribution in [0.3, 0.4) is 0 Å². The van der Waals surface area contributed by atoms with Gasteiger partial charge in [0.2, 0.25) is 5.91 Å². The van der Waals surface area contributed by atoms with E-state index in [0.29, 0.717) is 23.4 Å². The molecule has 3 aromatic carbocycles. The summed E-state index contributed by atoms with van der Waals surface area (Å²) >= 11 is 0. The van der Waals surface area contributed by atoms with Gasteiger partial charge in [-0.25, -0.2) is 4.79 Å². The summed E-state index contributed by atoms with van der Waals surface area (Å²) in [7, 11) is 4.10. The second-order valence-electron chi connectivity index (χ2n) is 7.64. The lowest BCUT2D eigenvalue weighted by Crippen LogP contribution is -2.33. The first-order valence-electron chi connectivity index (χ1n) is 10.9. The number of amidine groups is 1. The van der Waals surface area contributed by atoms with Crippen LogP contribution >= 0.6 is 0 Å². The van der Waals surface area contributed by atoms with Crippen LogP contribution in [0.2, 0.25) is 0 Å². The molecule has 0 aliphatic rings. The number of nitrogens with two attached hydrogens (primary N) is 1. The number of hydrogen-bond donors (Lipinski definition) is 4. The number of benzene rings is 3. The summed E-state index contributed by atoms with van der Waals surface area (Å²) < 4.78 is 15.7. The Labute approximate surface area is 208 Å². The minimum absolute atomic E-state index is 0.0404. The lowest BCUT2D eigenvalue weighted by Gasteiger charge is -2.22. The van der Waals surface area contributed by atoms with Crippen LogP contribution in [0.5, 0.6) is 11.5 Å². The predicted molar refractivity (Wildman–Crippen MR) is 134 cm³/mol. The number of methoxy groups -OCH3 is 3. The molecular formula is C26H28N4O6. The molecule has 1 amide bonds. The Kier molecular flexibility index (Phi) is 8.71. The largest absolute Gasteiger partial charge is 0.493 e. The van der Waals surface area contributed by atoms with Crippen LogP contribution in [0.15, 0.2) is 71.9 Å². The van der Waals surface area contributed by atoms with E-state index in [1.54, 1.807) is 30.3 Å². The van der Waals surface area contributed by atoms with Crippen molar-refractivity contribution in [2.75, 3.05) is 26.6 Å². The highest BCUT2D eigenvalue weighted by Crippen LogP contribution is 2.36. The topological polar surface area (TPSA) is 144 Å². The summed E-state index contributed by atoms with van der Waals surface area (Å²) in [6.45, 7) is 0.303. The van der Waals surface area contributed by atoms with Gasteiger partial charge in [-0.2, -0.15) is 0 Å². The number of anilines is 1. The van der Waals surface area contributed by atoms with E-state index in [1.165, 1.54) is 27.4 Å². The van der Waals surface area contributed by atoms with Crippen LogP contribution in [0.1, 0.15) is 33.1 Å². The molecule has 188 valence electrons. The highest BCUT2D eigenvalue weighted by Gasteiger charge is 2.26. The fraction of sp³-hybridized carbons (Fsp3) is 0.192. The minimum atomic E-state index is -0.924. The molecule has 10 heteroatoms. The molecule has 0 bridgehead atoms. The molecule has 10 nitrogen and oxygen atoms in total. The summed E-state index contributed by atoms with van der Waals surface area (Å²) in [4.78, 5) is 25.9.